The van der Waals surface area contributed by atoms with Gasteiger partial charge in [-0.3, -0.25) is 4.79 Å². The lowest BCUT2D eigenvalue weighted by atomic mass is 9.78. The fourth-order valence-electron chi connectivity index (χ4n) is 4.52. The quantitative estimate of drug-likeness (QED) is 0.474. The van der Waals surface area contributed by atoms with E-state index in [1.807, 2.05) is 71.9 Å². The van der Waals surface area contributed by atoms with E-state index >= 15 is 0 Å². The fraction of sp³-hybridized carbons (Fsp3) is 0.680. The molecule has 0 saturated carbocycles. The van der Waals surface area contributed by atoms with Crippen LogP contribution in [-0.2, 0) is 30.2 Å². The van der Waals surface area contributed by atoms with Gasteiger partial charge in [0.2, 0.25) is 5.91 Å². The number of likely N-dealkylation sites (tertiary alicyclic amines) is 1. The third-order valence-electron chi connectivity index (χ3n) is 7.31. The summed E-state index contributed by atoms with van der Waals surface area (Å²) in [5, 5.41) is 0. The Hall–Kier alpha value is -1.90. The zero-order valence-electron chi connectivity index (χ0n) is 20.9. The van der Waals surface area contributed by atoms with Crippen LogP contribution in [0.4, 0.5) is 0 Å². The van der Waals surface area contributed by atoms with Gasteiger partial charge in [-0.25, -0.2) is 4.79 Å². The van der Waals surface area contributed by atoms with Crippen LogP contribution in [0, 0.1) is 11.8 Å². The summed E-state index contributed by atoms with van der Waals surface area (Å²) in [7, 11) is -0.290. The molecule has 182 valence electrons. The summed E-state index contributed by atoms with van der Waals surface area (Å²) in [5.41, 5.74) is 5.62. The highest BCUT2D eigenvalue weighted by Gasteiger charge is 2.53. The lowest BCUT2D eigenvalue weighted by Crippen LogP contribution is -2.56. The number of hydrogen-bond donors (Lipinski definition) is 1. The second-order valence-electron chi connectivity index (χ2n) is 10.8. The molecule has 0 bridgehead atoms. The Labute approximate surface area is 198 Å². The molecule has 2 saturated heterocycles. The van der Waals surface area contributed by atoms with Gasteiger partial charge in [0.15, 0.2) is 0 Å². The summed E-state index contributed by atoms with van der Waals surface area (Å²) in [6.45, 7) is 12.7. The Bertz CT molecular complexity index is 828. The number of hydrogen-bond acceptors (Lipinski definition) is 6. The second-order valence-corrected chi connectivity index (χ2v) is 10.8. The smallest absolute Gasteiger partial charge is 0.457 e. The van der Waals surface area contributed by atoms with E-state index in [-0.39, 0.29) is 49.2 Å². The van der Waals surface area contributed by atoms with Crippen molar-refractivity contribution in [2.45, 2.75) is 84.1 Å². The van der Waals surface area contributed by atoms with Crippen LogP contribution >= 0.6 is 0 Å². The number of ether oxygens (including phenoxy) is 1. The fourth-order valence-corrected chi connectivity index (χ4v) is 4.52. The second kappa shape index (κ2) is 9.76. The summed E-state index contributed by atoms with van der Waals surface area (Å²) in [5.74, 6) is -0.788. The van der Waals surface area contributed by atoms with Gasteiger partial charge in [-0.2, -0.15) is 0 Å². The summed E-state index contributed by atoms with van der Waals surface area (Å²) >= 11 is 0. The summed E-state index contributed by atoms with van der Waals surface area (Å²) in [4.78, 5) is 27.5. The molecule has 0 aromatic heterocycles. The maximum absolute atomic E-state index is 13.1. The highest BCUT2D eigenvalue weighted by Crippen LogP contribution is 2.39. The molecule has 0 aliphatic carbocycles. The SMILES string of the molecule is CC(C)C(=O)N1C[C@H](CCCB2OC(C)(C)C(C)(C)O2)[C@](N)(C(=O)OCc2ccccc2)C1. The summed E-state index contributed by atoms with van der Waals surface area (Å²) in [6.07, 6.45) is 2.16. The molecule has 0 radical (unpaired) electrons. The van der Waals surface area contributed by atoms with E-state index in [4.69, 9.17) is 19.8 Å². The molecule has 0 spiro atoms. The van der Waals surface area contributed by atoms with Gasteiger partial charge in [-0.1, -0.05) is 50.6 Å². The third-order valence-corrected chi connectivity index (χ3v) is 7.31. The van der Waals surface area contributed by atoms with Crippen LogP contribution in [-0.4, -0.2) is 53.7 Å². The van der Waals surface area contributed by atoms with Gasteiger partial charge in [0.25, 0.3) is 0 Å². The first-order chi connectivity index (χ1) is 15.4. The Kier molecular flexibility index (Phi) is 7.61. The van der Waals surface area contributed by atoms with Crippen molar-refractivity contribution < 1.29 is 23.6 Å². The van der Waals surface area contributed by atoms with E-state index < -0.39 is 11.5 Å². The van der Waals surface area contributed by atoms with Crippen molar-refractivity contribution in [2.24, 2.45) is 17.6 Å². The van der Waals surface area contributed by atoms with Crippen LogP contribution in [0.15, 0.2) is 30.3 Å². The highest BCUT2D eigenvalue weighted by atomic mass is 16.7. The molecular formula is C25H39BN2O5. The Balaban J connectivity index is 1.64. The minimum Gasteiger partial charge on any atom is -0.459 e. The van der Waals surface area contributed by atoms with Gasteiger partial charge in [0.1, 0.15) is 12.1 Å². The molecular weight excluding hydrogens is 419 g/mol. The summed E-state index contributed by atoms with van der Waals surface area (Å²) < 4.78 is 17.8. The van der Waals surface area contributed by atoms with Crippen LogP contribution < -0.4 is 5.73 Å². The molecule has 0 unspecified atom stereocenters. The van der Waals surface area contributed by atoms with Crippen molar-refractivity contribution in [2.75, 3.05) is 13.1 Å². The first-order valence-electron chi connectivity index (χ1n) is 12.0. The number of amides is 1. The molecule has 1 amide bonds. The Morgan fingerprint density at radius 1 is 1.15 bits per heavy atom. The number of nitrogens with two attached hydrogens (primary N) is 1. The lowest BCUT2D eigenvalue weighted by molar-refractivity contribution is -0.152. The van der Waals surface area contributed by atoms with Gasteiger partial charge in [0.05, 0.1) is 11.2 Å². The zero-order valence-corrected chi connectivity index (χ0v) is 20.9. The molecule has 8 heteroatoms. The van der Waals surface area contributed by atoms with Gasteiger partial charge >= 0.3 is 13.1 Å². The number of rotatable bonds is 8. The zero-order chi connectivity index (χ0) is 24.4. The third kappa shape index (κ3) is 5.61. The van der Waals surface area contributed by atoms with Crippen molar-refractivity contribution >= 4 is 19.0 Å². The monoisotopic (exact) mass is 458 g/mol. The normalized spacial score (nSPS) is 26.1. The van der Waals surface area contributed by atoms with E-state index in [9.17, 15) is 9.59 Å². The molecule has 3 rings (SSSR count). The molecule has 33 heavy (non-hydrogen) atoms. The van der Waals surface area contributed by atoms with Crippen molar-refractivity contribution in [3.63, 3.8) is 0 Å². The molecule has 1 aromatic rings. The van der Waals surface area contributed by atoms with Crippen molar-refractivity contribution in [3.8, 4) is 0 Å². The van der Waals surface area contributed by atoms with Crippen molar-refractivity contribution in [3.05, 3.63) is 35.9 Å². The predicted molar refractivity (Wildman–Crippen MR) is 128 cm³/mol. The minimum atomic E-state index is -1.23. The number of carbonyl (C=O) groups is 2. The Morgan fingerprint density at radius 2 is 1.76 bits per heavy atom. The molecule has 2 N–H and O–H groups in total. The largest absolute Gasteiger partial charge is 0.459 e. The molecule has 7 nitrogen and oxygen atoms in total. The number of nitrogens with zero attached hydrogens (tertiary/aromatic N) is 1. The van der Waals surface area contributed by atoms with E-state index in [1.54, 1.807) is 4.90 Å². The number of carbonyl (C=O) groups excluding carboxylic acids is 2. The minimum absolute atomic E-state index is 0.00847. The highest BCUT2D eigenvalue weighted by molar-refractivity contribution is 6.45. The molecule has 2 fully saturated rings. The van der Waals surface area contributed by atoms with E-state index in [0.29, 0.717) is 19.3 Å². The van der Waals surface area contributed by atoms with Crippen LogP contribution in [0.1, 0.15) is 59.9 Å². The van der Waals surface area contributed by atoms with Crippen LogP contribution in [0.5, 0.6) is 0 Å². The topological polar surface area (TPSA) is 91.1 Å². The van der Waals surface area contributed by atoms with Gasteiger partial charge in [0, 0.05) is 24.9 Å². The van der Waals surface area contributed by atoms with Crippen LogP contribution in [0.2, 0.25) is 6.32 Å². The van der Waals surface area contributed by atoms with Gasteiger partial charge in [-0.05, 0) is 46.0 Å². The first-order valence-corrected chi connectivity index (χ1v) is 12.0. The summed E-state index contributed by atoms with van der Waals surface area (Å²) in [6, 6.07) is 9.53. The van der Waals surface area contributed by atoms with Crippen LogP contribution in [0.25, 0.3) is 0 Å². The average Bonchev–Trinajstić information content (AvgIpc) is 3.19. The van der Waals surface area contributed by atoms with E-state index in [0.717, 1.165) is 12.0 Å². The molecule has 2 aliphatic heterocycles. The molecule has 2 atom stereocenters. The maximum Gasteiger partial charge on any atom is 0.457 e. The van der Waals surface area contributed by atoms with E-state index in [2.05, 4.69) is 0 Å². The van der Waals surface area contributed by atoms with Gasteiger partial charge < -0.3 is 24.7 Å². The predicted octanol–water partition coefficient (Wildman–Crippen LogP) is 3.41. The average molecular weight is 458 g/mol. The van der Waals surface area contributed by atoms with Gasteiger partial charge in [-0.15, -0.1) is 0 Å². The van der Waals surface area contributed by atoms with Crippen molar-refractivity contribution in [1.82, 2.24) is 4.90 Å². The molecule has 2 aliphatic rings. The molecule has 1 aromatic carbocycles. The molecule has 2 heterocycles. The Morgan fingerprint density at radius 3 is 2.33 bits per heavy atom. The lowest BCUT2D eigenvalue weighted by Gasteiger charge is -2.32. The maximum atomic E-state index is 13.1. The number of benzene rings is 1. The van der Waals surface area contributed by atoms with E-state index in [1.165, 1.54) is 0 Å². The van der Waals surface area contributed by atoms with Crippen molar-refractivity contribution in [1.29, 1.82) is 0 Å². The van der Waals surface area contributed by atoms with Crippen LogP contribution in [0.3, 0.4) is 0 Å². The first kappa shape index (κ1) is 25.7. The number of esters is 1. The standard InChI is InChI=1S/C25H39BN2O5/c1-18(2)21(29)28-15-20(13-10-14-26-32-23(3,4)24(5,6)33-26)25(27,17-28)22(30)31-16-19-11-8-7-9-12-19/h7-9,11-12,18,20H,10,13-17,27H2,1-6H3/t20-,25-/m0/s1.